The highest BCUT2D eigenvalue weighted by Crippen LogP contribution is 2.22. The fraction of sp³-hybridized carbons (Fsp3) is 0.0435. The lowest BCUT2D eigenvalue weighted by Crippen LogP contribution is -2.08. The summed E-state index contributed by atoms with van der Waals surface area (Å²) in [4.78, 5) is 12.9. The van der Waals surface area contributed by atoms with Crippen molar-refractivity contribution in [3.63, 3.8) is 0 Å². The summed E-state index contributed by atoms with van der Waals surface area (Å²) in [5.74, 6) is -0.469. The summed E-state index contributed by atoms with van der Waals surface area (Å²) in [5.41, 5.74) is 8.29. The van der Waals surface area contributed by atoms with E-state index in [9.17, 15) is 8.78 Å². The molecule has 0 aliphatic rings. The number of nitrogens with zero attached hydrogens (tertiary/aromatic N) is 6. The summed E-state index contributed by atoms with van der Waals surface area (Å²) in [6.45, 7) is 0.0555. The van der Waals surface area contributed by atoms with Gasteiger partial charge in [-0.1, -0.05) is 23.4 Å². The smallest absolute Gasteiger partial charge is 0.270 e. The molecule has 11 heteroatoms. The third kappa shape index (κ3) is 4.39. The van der Waals surface area contributed by atoms with Crippen molar-refractivity contribution in [3.05, 3.63) is 95.7 Å². The molecule has 2 N–H and O–H groups in total. The SMILES string of the molecule is NC(=CC(=NCc1ccccc1F)c1ccon1)c1nnc2nc(-c3ccc(F)cc3)oc2n1. The van der Waals surface area contributed by atoms with Crippen LogP contribution in [-0.2, 0) is 6.54 Å². The van der Waals surface area contributed by atoms with Gasteiger partial charge in [-0.2, -0.15) is 9.97 Å². The van der Waals surface area contributed by atoms with Crippen LogP contribution in [0.25, 0.3) is 28.5 Å². The van der Waals surface area contributed by atoms with E-state index >= 15 is 0 Å². The highest BCUT2D eigenvalue weighted by Gasteiger charge is 2.15. The Bertz CT molecular complexity index is 1510. The molecule has 0 aliphatic heterocycles. The molecule has 3 aromatic heterocycles. The van der Waals surface area contributed by atoms with Crippen LogP contribution >= 0.6 is 0 Å². The molecule has 0 saturated carbocycles. The number of hydrogen-bond donors (Lipinski definition) is 1. The number of aromatic nitrogens is 5. The van der Waals surface area contributed by atoms with Crippen LogP contribution in [0.2, 0.25) is 0 Å². The minimum atomic E-state index is -0.377. The van der Waals surface area contributed by atoms with Gasteiger partial charge in [0.2, 0.25) is 17.4 Å². The van der Waals surface area contributed by atoms with E-state index in [4.69, 9.17) is 14.7 Å². The summed E-state index contributed by atoms with van der Waals surface area (Å²) in [6, 6.07) is 13.6. The quantitative estimate of drug-likeness (QED) is 0.378. The van der Waals surface area contributed by atoms with Crippen molar-refractivity contribution >= 4 is 22.8 Å². The topological polar surface area (TPSA) is 129 Å². The fourth-order valence-corrected chi connectivity index (χ4v) is 3.05. The van der Waals surface area contributed by atoms with Crippen molar-refractivity contribution in [3.8, 4) is 11.5 Å². The van der Waals surface area contributed by atoms with Crippen LogP contribution in [-0.4, -0.2) is 31.0 Å². The molecule has 2 aromatic carbocycles. The van der Waals surface area contributed by atoms with E-state index in [0.29, 0.717) is 22.5 Å². The number of oxazole rings is 1. The third-order valence-electron chi connectivity index (χ3n) is 4.76. The van der Waals surface area contributed by atoms with Crippen LogP contribution in [0.15, 0.2) is 80.9 Å². The summed E-state index contributed by atoms with van der Waals surface area (Å²) in [5, 5.41) is 11.9. The predicted molar refractivity (Wildman–Crippen MR) is 118 cm³/mol. The first kappa shape index (κ1) is 21.1. The standard InChI is InChI=1S/C23H15F2N7O2/c24-15-7-5-13(6-8-15)22-29-21-23(34-22)28-20(30-31-21)17(26)11-19(18-9-10-33-32-18)27-12-14-3-1-2-4-16(14)25/h1-11H,12,26H2. The number of nitrogens with two attached hydrogens (primary N) is 1. The Balaban J connectivity index is 1.47. The van der Waals surface area contributed by atoms with Gasteiger partial charge in [-0.05, 0) is 36.4 Å². The largest absolute Gasteiger partial charge is 0.416 e. The van der Waals surface area contributed by atoms with E-state index in [0.717, 1.165) is 0 Å². The second kappa shape index (κ2) is 8.98. The minimum Gasteiger partial charge on any atom is -0.416 e. The molecule has 34 heavy (non-hydrogen) atoms. The van der Waals surface area contributed by atoms with Crippen LogP contribution in [0.1, 0.15) is 17.1 Å². The van der Waals surface area contributed by atoms with Crippen LogP contribution in [0.5, 0.6) is 0 Å². The number of allylic oxidation sites excluding steroid dienone is 1. The Labute approximate surface area is 190 Å². The van der Waals surface area contributed by atoms with Crippen molar-refractivity contribution in [2.45, 2.75) is 6.54 Å². The first-order valence-corrected chi connectivity index (χ1v) is 10.00. The number of halogens is 2. The summed E-state index contributed by atoms with van der Waals surface area (Å²) < 4.78 is 37.7. The molecule has 0 bridgehead atoms. The van der Waals surface area contributed by atoms with Crippen molar-refractivity contribution in [1.82, 2.24) is 25.3 Å². The molecule has 5 rings (SSSR count). The molecule has 0 radical (unpaired) electrons. The lowest BCUT2D eigenvalue weighted by atomic mass is 10.2. The Morgan fingerprint density at radius 1 is 1.00 bits per heavy atom. The zero-order chi connectivity index (χ0) is 23.5. The molecule has 0 unspecified atom stereocenters. The number of benzene rings is 2. The van der Waals surface area contributed by atoms with E-state index in [1.807, 2.05) is 0 Å². The highest BCUT2D eigenvalue weighted by molar-refractivity contribution is 6.10. The Hall–Kier alpha value is -4.80. The lowest BCUT2D eigenvalue weighted by Gasteiger charge is -2.03. The lowest BCUT2D eigenvalue weighted by molar-refractivity contribution is 0.418. The maximum absolute atomic E-state index is 14.0. The van der Waals surface area contributed by atoms with Crippen molar-refractivity contribution in [2.75, 3.05) is 0 Å². The van der Waals surface area contributed by atoms with Crippen LogP contribution in [0.3, 0.4) is 0 Å². The molecular formula is C23H15F2N7O2. The van der Waals surface area contributed by atoms with E-state index in [1.54, 1.807) is 24.3 Å². The van der Waals surface area contributed by atoms with Gasteiger partial charge in [0, 0.05) is 17.2 Å². The van der Waals surface area contributed by atoms with E-state index in [-0.39, 0.29) is 47.0 Å². The number of rotatable bonds is 6. The van der Waals surface area contributed by atoms with Gasteiger partial charge in [-0.15, -0.1) is 10.2 Å². The van der Waals surface area contributed by atoms with Gasteiger partial charge in [0.05, 0.1) is 18.0 Å². The van der Waals surface area contributed by atoms with Gasteiger partial charge in [0.15, 0.2) is 0 Å². The predicted octanol–water partition coefficient (Wildman–Crippen LogP) is 3.94. The van der Waals surface area contributed by atoms with Gasteiger partial charge in [-0.25, -0.2) is 8.78 Å². The molecule has 168 valence electrons. The first-order chi connectivity index (χ1) is 16.6. The molecule has 0 fully saturated rings. The van der Waals surface area contributed by atoms with Crippen molar-refractivity contribution in [2.24, 2.45) is 10.7 Å². The Morgan fingerprint density at radius 2 is 1.82 bits per heavy atom. The minimum absolute atomic E-state index is 0.0555. The summed E-state index contributed by atoms with van der Waals surface area (Å²) >= 11 is 0. The number of hydrogen-bond acceptors (Lipinski definition) is 9. The second-order valence-electron chi connectivity index (χ2n) is 7.07. The molecule has 0 saturated heterocycles. The first-order valence-electron chi connectivity index (χ1n) is 10.00. The third-order valence-corrected chi connectivity index (χ3v) is 4.76. The van der Waals surface area contributed by atoms with Crippen LogP contribution in [0, 0.1) is 11.6 Å². The second-order valence-corrected chi connectivity index (χ2v) is 7.07. The molecule has 3 heterocycles. The average Bonchev–Trinajstić information content (AvgIpc) is 3.53. The van der Waals surface area contributed by atoms with E-state index < -0.39 is 0 Å². The zero-order valence-electron chi connectivity index (χ0n) is 17.4. The Morgan fingerprint density at radius 3 is 2.59 bits per heavy atom. The summed E-state index contributed by atoms with van der Waals surface area (Å²) in [6.07, 6.45) is 2.87. The van der Waals surface area contributed by atoms with Gasteiger partial charge >= 0.3 is 0 Å². The van der Waals surface area contributed by atoms with Gasteiger partial charge < -0.3 is 14.7 Å². The fourth-order valence-electron chi connectivity index (χ4n) is 3.05. The zero-order valence-corrected chi connectivity index (χ0v) is 17.4. The van der Waals surface area contributed by atoms with Crippen LogP contribution < -0.4 is 5.73 Å². The van der Waals surface area contributed by atoms with Crippen LogP contribution in [0.4, 0.5) is 8.78 Å². The Kier molecular flexibility index (Phi) is 5.56. The molecule has 5 aromatic rings. The normalized spacial score (nSPS) is 12.4. The van der Waals surface area contributed by atoms with Gasteiger partial charge in [0.25, 0.3) is 5.71 Å². The summed E-state index contributed by atoms with van der Waals surface area (Å²) in [7, 11) is 0. The molecule has 0 spiro atoms. The molecule has 0 atom stereocenters. The number of fused-ring (bicyclic) bond motifs is 1. The molecule has 9 nitrogen and oxygen atoms in total. The molecule has 0 aliphatic carbocycles. The average molecular weight is 459 g/mol. The van der Waals surface area contributed by atoms with Gasteiger partial charge in [-0.3, -0.25) is 4.99 Å². The monoisotopic (exact) mass is 459 g/mol. The van der Waals surface area contributed by atoms with E-state index in [1.165, 1.54) is 42.7 Å². The highest BCUT2D eigenvalue weighted by atomic mass is 19.1. The molecular weight excluding hydrogens is 444 g/mol. The number of aliphatic imine (C=N–C) groups is 1. The maximum atomic E-state index is 14.0. The van der Waals surface area contributed by atoms with E-state index in [2.05, 4.69) is 30.3 Å². The van der Waals surface area contributed by atoms with Gasteiger partial charge in [0.1, 0.15) is 23.6 Å². The maximum Gasteiger partial charge on any atom is 0.270 e. The van der Waals surface area contributed by atoms with Crippen molar-refractivity contribution < 1.29 is 17.7 Å². The molecule has 0 amide bonds. The van der Waals surface area contributed by atoms with Crippen molar-refractivity contribution in [1.29, 1.82) is 0 Å².